The van der Waals surface area contributed by atoms with Crippen molar-refractivity contribution in [1.82, 2.24) is 0 Å². The molecule has 0 saturated heterocycles. The van der Waals surface area contributed by atoms with Gasteiger partial charge >= 0.3 is 0 Å². The predicted molar refractivity (Wildman–Crippen MR) is 53.1 cm³/mol. The average molecular weight is 178 g/mol. The maximum absolute atomic E-state index is 5.57. The van der Waals surface area contributed by atoms with E-state index in [2.05, 4.69) is 18.0 Å². The number of nitrogens with zero attached hydrogens (tertiary/aromatic N) is 1. The van der Waals surface area contributed by atoms with Gasteiger partial charge in [-0.05, 0) is 17.7 Å². The number of rotatable bonds is 1. The van der Waals surface area contributed by atoms with Crippen molar-refractivity contribution >= 4 is 5.69 Å². The third kappa shape index (κ3) is 1.47. The molecule has 0 fully saturated rings. The minimum Gasteiger partial charge on any atom is -0.490 e. The van der Waals surface area contributed by atoms with Gasteiger partial charge in [0, 0.05) is 13.6 Å². The largest absolute Gasteiger partial charge is 0.490 e. The van der Waals surface area contributed by atoms with Gasteiger partial charge in [-0.3, -0.25) is 0 Å². The summed E-state index contributed by atoms with van der Waals surface area (Å²) in [6, 6.07) is 6.10. The van der Waals surface area contributed by atoms with Crippen LogP contribution in [0.25, 0.3) is 0 Å². The first-order chi connectivity index (χ1) is 6.31. The molecule has 0 atom stereocenters. The maximum Gasteiger partial charge on any atom is 0.142 e. The van der Waals surface area contributed by atoms with Crippen LogP contribution in [-0.4, -0.2) is 20.2 Å². The smallest absolute Gasteiger partial charge is 0.142 e. The van der Waals surface area contributed by atoms with Crippen LogP contribution in [0.15, 0.2) is 18.2 Å². The third-order valence-electron chi connectivity index (χ3n) is 2.35. The SMILES string of the molecule is CN1CCOc2ccc(CN)cc21. The van der Waals surface area contributed by atoms with Crippen LogP contribution in [0, 0.1) is 0 Å². The normalized spacial score (nSPS) is 15.1. The topological polar surface area (TPSA) is 38.5 Å². The molecule has 0 unspecified atom stereocenters. The van der Waals surface area contributed by atoms with Crippen molar-refractivity contribution in [3.8, 4) is 5.75 Å². The minimum atomic E-state index is 0.584. The van der Waals surface area contributed by atoms with E-state index in [1.54, 1.807) is 0 Å². The first kappa shape index (κ1) is 8.38. The van der Waals surface area contributed by atoms with Crippen LogP contribution in [-0.2, 0) is 6.54 Å². The molecule has 0 spiro atoms. The van der Waals surface area contributed by atoms with E-state index >= 15 is 0 Å². The molecule has 0 radical (unpaired) electrons. The lowest BCUT2D eigenvalue weighted by molar-refractivity contribution is 0.311. The van der Waals surface area contributed by atoms with E-state index in [1.807, 2.05) is 12.1 Å². The Hall–Kier alpha value is -1.22. The predicted octanol–water partition coefficient (Wildman–Crippen LogP) is 0.974. The van der Waals surface area contributed by atoms with Gasteiger partial charge in [-0.15, -0.1) is 0 Å². The minimum absolute atomic E-state index is 0.584. The second-order valence-electron chi connectivity index (χ2n) is 3.28. The Labute approximate surface area is 78.1 Å². The lowest BCUT2D eigenvalue weighted by atomic mass is 10.1. The zero-order valence-electron chi connectivity index (χ0n) is 7.79. The van der Waals surface area contributed by atoms with Crippen LogP contribution in [0.1, 0.15) is 5.56 Å². The molecular formula is C10H14N2O. The van der Waals surface area contributed by atoms with Gasteiger partial charge in [-0.2, -0.15) is 0 Å². The Balaban J connectivity index is 2.41. The molecule has 0 amide bonds. The number of benzene rings is 1. The van der Waals surface area contributed by atoms with Crippen LogP contribution in [0.5, 0.6) is 5.75 Å². The summed E-state index contributed by atoms with van der Waals surface area (Å²) in [6.45, 7) is 2.30. The van der Waals surface area contributed by atoms with E-state index in [0.29, 0.717) is 6.54 Å². The third-order valence-corrected chi connectivity index (χ3v) is 2.35. The van der Waals surface area contributed by atoms with Crippen LogP contribution in [0.3, 0.4) is 0 Å². The molecule has 1 aliphatic rings. The fraction of sp³-hybridized carbons (Fsp3) is 0.400. The summed E-state index contributed by atoms with van der Waals surface area (Å²) in [6.07, 6.45) is 0. The van der Waals surface area contributed by atoms with Crippen molar-refractivity contribution in [2.75, 3.05) is 25.1 Å². The van der Waals surface area contributed by atoms with E-state index in [4.69, 9.17) is 10.5 Å². The number of nitrogens with two attached hydrogens (primary N) is 1. The van der Waals surface area contributed by atoms with Crippen molar-refractivity contribution in [3.05, 3.63) is 23.8 Å². The Bertz CT molecular complexity index is 312. The molecule has 0 aromatic heterocycles. The molecule has 0 bridgehead atoms. The Morgan fingerprint density at radius 1 is 1.54 bits per heavy atom. The molecule has 2 rings (SSSR count). The second kappa shape index (κ2) is 3.26. The quantitative estimate of drug-likeness (QED) is 0.696. The van der Waals surface area contributed by atoms with Crippen molar-refractivity contribution in [2.24, 2.45) is 5.73 Å². The first-order valence-corrected chi connectivity index (χ1v) is 4.48. The van der Waals surface area contributed by atoms with Crippen molar-refractivity contribution in [2.45, 2.75) is 6.54 Å². The standard InChI is InChI=1S/C10H14N2O/c1-12-4-5-13-10-3-2-8(7-11)6-9(10)12/h2-3,6H,4-5,7,11H2,1H3. The van der Waals surface area contributed by atoms with Gasteiger partial charge in [0.2, 0.25) is 0 Å². The van der Waals surface area contributed by atoms with Gasteiger partial charge in [0.15, 0.2) is 0 Å². The van der Waals surface area contributed by atoms with E-state index in [1.165, 1.54) is 0 Å². The molecule has 70 valence electrons. The Morgan fingerprint density at radius 3 is 3.15 bits per heavy atom. The maximum atomic E-state index is 5.57. The molecular weight excluding hydrogens is 164 g/mol. The molecule has 3 heteroatoms. The highest BCUT2D eigenvalue weighted by Gasteiger charge is 2.14. The second-order valence-corrected chi connectivity index (χ2v) is 3.28. The van der Waals surface area contributed by atoms with Gasteiger partial charge in [0.05, 0.1) is 12.2 Å². The fourth-order valence-electron chi connectivity index (χ4n) is 1.52. The highest BCUT2D eigenvalue weighted by Crippen LogP contribution is 2.31. The van der Waals surface area contributed by atoms with Gasteiger partial charge in [-0.25, -0.2) is 0 Å². The summed E-state index contributed by atoms with van der Waals surface area (Å²) in [4.78, 5) is 2.19. The molecule has 0 saturated carbocycles. The molecule has 1 aliphatic heterocycles. The number of likely N-dealkylation sites (N-methyl/N-ethyl adjacent to an activating group) is 1. The zero-order chi connectivity index (χ0) is 9.26. The summed E-state index contributed by atoms with van der Waals surface area (Å²) in [7, 11) is 2.07. The van der Waals surface area contributed by atoms with Crippen LogP contribution < -0.4 is 15.4 Å². The number of ether oxygens (including phenoxy) is 1. The monoisotopic (exact) mass is 178 g/mol. The number of hydrogen-bond acceptors (Lipinski definition) is 3. The lowest BCUT2D eigenvalue weighted by Crippen LogP contribution is -2.28. The van der Waals surface area contributed by atoms with Gasteiger partial charge in [0.1, 0.15) is 12.4 Å². The van der Waals surface area contributed by atoms with Gasteiger partial charge < -0.3 is 15.4 Å². The van der Waals surface area contributed by atoms with E-state index in [0.717, 1.165) is 30.2 Å². The number of fused-ring (bicyclic) bond motifs is 1. The molecule has 3 nitrogen and oxygen atoms in total. The van der Waals surface area contributed by atoms with Gasteiger partial charge in [0.25, 0.3) is 0 Å². The molecule has 1 aromatic carbocycles. The summed E-state index contributed by atoms with van der Waals surface area (Å²) >= 11 is 0. The molecule has 2 N–H and O–H groups in total. The molecule has 0 aliphatic carbocycles. The zero-order valence-corrected chi connectivity index (χ0v) is 7.79. The fourth-order valence-corrected chi connectivity index (χ4v) is 1.52. The first-order valence-electron chi connectivity index (χ1n) is 4.48. The summed E-state index contributed by atoms with van der Waals surface area (Å²) in [5.74, 6) is 0.964. The van der Waals surface area contributed by atoms with Crippen LogP contribution in [0.2, 0.25) is 0 Å². The lowest BCUT2D eigenvalue weighted by Gasteiger charge is -2.27. The molecule has 1 heterocycles. The van der Waals surface area contributed by atoms with Crippen molar-refractivity contribution in [3.63, 3.8) is 0 Å². The summed E-state index contributed by atoms with van der Waals surface area (Å²) in [5.41, 5.74) is 7.87. The highest BCUT2D eigenvalue weighted by atomic mass is 16.5. The van der Waals surface area contributed by atoms with E-state index in [-0.39, 0.29) is 0 Å². The average Bonchev–Trinajstić information content (AvgIpc) is 2.18. The van der Waals surface area contributed by atoms with Crippen LogP contribution >= 0.6 is 0 Å². The highest BCUT2D eigenvalue weighted by molar-refractivity contribution is 5.60. The van der Waals surface area contributed by atoms with Crippen molar-refractivity contribution in [1.29, 1.82) is 0 Å². The van der Waals surface area contributed by atoms with Gasteiger partial charge in [-0.1, -0.05) is 6.07 Å². The van der Waals surface area contributed by atoms with Crippen molar-refractivity contribution < 1.29 is 4.74 Å². The Kier molecular flexibility index (Phi) is 2.10. The summed E-state index contributed by atoms with van der Waals surface area (Å²) in [5, 5.41) is 0. The number of hydrogen-bond donors (Lipinski definition) is 1. The molecule has 13 heavy (non-hydrogen) atoms. The van der Waals surface area contributed by atoms with Crippen LogP contribution in [0.4, 0.5) is 5.69 Å². The van der Waals surface area contributed by atoms with E-state index in [9.17, 15) is 0 Å². The summed E-state index contributed by atoms with van der Waals surface area (Å²) < 4.78 is 5.51. The molecule has 1 aromatic rings. The Morgan fingerprint density at radius 2 is 2.38 bits per heavy atom. The number of anilines is 1. The van der Waals surface area contributed by atoms with E-state index < -0.39 is 0 Å².